The first-order valence-corrected chi connectivity index (χ1v) is 12.9. The number of quaternary nitrogens is 2. The molecule has 0 spiro atoms. The Hall–Kier alpha value is -4.02. The van der Waals surface area contributed by atoms with Crippen molar-refractivity contribution in [1.29, 1.82) is 0 Å². The van der Waals surface area contributed by atoms with Crippen molar-refractivity contribution in [3.05, 3.63) is 59.0 Å². The van der Waals surface area contributed by atoms with Crippen molar-refractivity contribution in [2.75, 3.05) is 39.4 Å². The second-order valence-corrected chi connectivity index (χ2v) is 9.46. The van der Waals surface area contributed by atoms with Crippen LogP contribution in [0.5, 0.6) is 11.5 Å². The molecule has 1 saturated heterocycles. The number of phenolic OH excluding ortho intramolecular Hbond substituents is 2. The van der Waals surface area contributed by atoms with E-state index in [2.05, 4.69) is 0 Å². The van der Waals surface area contributed by atoms with Gasteiger partial charge in [-0.3, -0.25) is 0 Å². The zero-order valence-electron chi connectivity index (χ0n) is 21.5. The number of piperazine rings is 1. The van der Waals surface area contributed by atoms with Crippen LogP contribution in [0, 0.1) is 0 Å². The molecule has 2 aromatic heterocycles. The van der Waals surface area contributed by atoms with E-state index in [1.165, 1.54) is 34.1 Å². The molecule has 0 saturated carbocycles. The summed E-state index contributed by atoms with van der Waals surface area (Å²) in [5, 5.41) is 21.0. The molecular weight excluding hydrogens is 492 g/mol. The molecule has 38 heavy (non-hydrogen) atoms. The molecule has 0 bridgehead atoms. The zero-order valence-corrected chi connectivity index (χ0v) is 21.5. The quantitative estimate of drug-likeness (QED) is 0.255. The predicted octanol–water partition coefficient (Wildman–Crippen LogP) is 1.43. The van der Waals surface area contributed by atoms with Crippen LogP contribution in [0.2, 0.25) is 0 Å². The van der Waals surface area contributed by atoms with E-state index in [1.54, 1.807) is 26.0 Å². The maximum atomic E-state index is 12.7. The molecule has 0 atom stereocenters. The number of aromatic hydroxyl groups is 2. The standard InChI is InChI=1S/C28H30N2O8/c1-3-35-27(33)25-19-13-17(31)5-7-21(19)37-23(25)15-29-9-11-30(12-10-29)16-24-26(28(34)36-4-2)20-14-18(32)6-8-22(20)38-24/h5-8,13-14,31-32H,3-4,9-12,15-16H2,1-2H3/p+2. The number of hydrogen-bond donors (Lipinski definition) is 4. The number of carbonyl (C=O) groups excluding carboxylic acids is 2. The minimum absolute atomic E-state index is 0.0583. The van der Waals surface area contributed by atoms with Crippen molar-refractivity contribution in [1.82, 2.24) is 0 Å². The SMILES string of the molecule is CCOC(=O)c1c(C[NH+]2CC[NH+](Cc3oc4ccc(O)cc4c3C(=O)OCC)CC2)oc2ccc(O)cc12. The fourth-order valence-electron chi connectivity index (χ4n) is 5.14. The third-order valence-corrected chi connectivity index (χ3v) is 6.93. The second kappa shape index (κ2) is 10.8. The Bertz CT molecular complexity index is 1370. The van der Waals surface area contributed by atoms with Crippen molar-refractivity contribution in [3.63, 3.8) is 0 Å². The molecule has 1 aliphatic heterocycles. The molecule has 1 aliphatic rings. The third kappa shape index (κ3) is 5.05. The van der Waals surface area contributed by atoms with Gasteiger partial charge in [-0.25, -0.2) is 9.59 Å². The second-order valence-electron chi connectivity index (χ2n) is 9.46. The van der Waals surface area contributed by atoms with Gasteiger partial charge in [-0.15, -0.1) is 0 Å². The molecule has 3 heterocycles. The van der Waals surface area contributed by atoms with Gasteiger partial charge in [-0.05, 0) is 50.2 Å². The van der Waals surface area contributed by atoms with E-state index >= 15 is 0 Å². The molecule has 1 fully saturated rings. The first-order valence-electron chi connectivity index (χ1n) is 12.9. The molecular formula is C28H32N2O8+2. The fourth-order valence-corrected chi connectivity index (χ4v) is 5.14. The Morgan fingerprint density at radius 2 is 1.13 bits per heavy atom. The van der Waals surface area contributed by atoms with E-state index < -0.39 is 11.9 Å². The van der Waals surface area contributed by atoms with E-state index in [-0.39, 0.29) is 24.7 Å². The normalized spacial score (nSPS) is 17.6. The number of esters is 2. The molecule has 4 N–H and O–H groups in total. The van der Waals surface area contributed by atoms with Gasteiger partial charge >= 0.3 is 11.9 Å². The largest absolute Gasteiger partial charge is 0.508 e. The van der Waals surface area contributed by atoms with Crippen molar-refractivity contribution in [3.8, 4) is 11.5 Å². The summed E-state index contributed by atoms with van der Waals surface area (Å²) in [7, 11) is 0. The summed E-state index contributed by atoms with van der Waals surface area (Å²) in [6.45, 7) is 8.27. The van der Waals surface area contributed by atoms with Gasteiger partial charge in [0, 0.05) is 10.8 Å². The minimum atomic E-state index is -0.460. The maximum absolute atomic E-state index is 12.7. The van der Waals surface area contributed by atoms with Crippen LogP contribution in [0.15, 0.2) is 45.2 Å². The smallest absolute Gasteiger partial charge is 0.342 e. The molecule has 200 valence electrons. The van der Waals surface area contributed by atoms with Crippen LogP contribution < -0.4 is 9.80 Å². The third-order valence-electron chi connectivity index (χ3n) is 6.93. The first kappa shape index (κ1) is 25.6. The molecule has 0 radical (unpaired) electrons. The number of hydrogen-bond acceptors (Lipinski definition) is 8. The van der Waals surface area contributed by atoms with Crippen molar-refractivity contribution >= 4 is 33.9 Å². The number of ether oxygens (including phenoxy) is 2. The summed E-state index contributed by atoms with van der Waals surface area (Å²) >= 11 is 0. The van der Waals surface area contributed by atoms with Crippen molar-refractivity contribution in [2.45, 2.75) is 26.9 Å². The highest BCUT2D eigenvalue weighted by atomic mass is 16.5. The lowest BCUT2D eigenvalue weighted by atomic mass is 10.1. The van der Waals surface area contributed by atoms with Crippen LogP contribution in [0.3, 0.4) is 0 Å². The minimum Gasteiger partial charge on any atom is -0.508 e. The van der Waals surface area contributed by atoms with Crippen LogP contribution in [-0.2, 0) is 22.6 Å². The van der Waals surface area contributed by atoms with Gasteiger partial charge in [0.1, 0.15) is 73.1 Å². The number of fused-ring (bicyclic) bond motifs is 2. The highest BCUT2D eigenvalue weighted by Gasteiger charge is 2.31. The summed E-state index contributed by atoms with van der Waals surface area (Å²) in [6.07, 6.45) is 0. The number of nitrogens with one attached hydrogen (secondary N) is 2. The van der Waals surface area contributed by atoms with Gasteiger partial charge in [0.15, 0.2) is 11.5 Å². The summed E-state index contributed by atoms with van der Waals surface area (Å²) in [5.41, 5.74) is 1.80. The van der Waals surface area contributed by atoms with Gasteiger partial charge in [-0.1, -0.05) is 0 Å². The molecule has 0 unspecified atom stereocenters. The summed E-state index contributed by atoms with van der Waals surface area (Å²) < 4.78 is 22.6. The lowest BCUT2D eigenvalue weighted by molar-refractivity contribution is -1.03. The van der Waals surface area contributed by atoms with Gasteiger partial charge < -0.3 is 38.3 Å². The van der Waals surface area contributed by atoms with Crippen LogP contribution in [0.25, 0.3) is 21.9 Å². The molecule has 4 aromatic rings. The lowest BCUT2D eigenvalue weighted by Crippen LogP contribution is -3.27. The number of furan rings is 2. The average molecular weight is 525 g/mol. The maximum Gasteiger partial charge on any atom is 0.342 e. The molecule has 5 rings (SSSR count). The van der Waals surface area contributed by atoms with Crippen molar-refractivity contribution < 1.29 is 47.9 Å². The van der Waals surface area contributed by atoms with Gasteiger partial charge in [0.25, 0.3) is 0 Å². The van der Waals surface area contributed by atoms with E-state index in [4.69, 9.17) is 18.3 Å². The number of benzene rings is 2. The van der Waals surface area contributed by atoms with Gasteiger partial charge in [0.05, 0.1) is 13.2 Å². The Balaban J connectivity index is 1.31. The topological polar surface area (TPSA) is 128 Å². The molecule has 10 heteroatoms. The fraction of sp³-hybridized carbons (Fsp3) is 0.357. The number of phenols is 2. The highest BCUT2D eigenvalue weighted by Crippen LogP contribution is 2.30. The zero-order chi connectivity index (χ0) is 26.8. The molecule has 2 aromatic carbocycles. The highest BCUT2D eigenvalue weighted by molar-refractivity contribution is 6.05. The van der Waals surface area contributed by atoms with Crippen LogP contribution >= 0.6 is 0 Å². The van der Waals surface area contributed by atoms with Crippen LogP contribution in [0.4, 0.5) is 0 Å². The Morgan fingerprint density at radius 3 is 1.50 bits per heavy atom. The van der Waals surface area contributed by atoms with Crippen LogP contribution in [0.1, 0.15) is 46.1 Å². The number of rotatable bonds is 8. The van der Waals surface area contributed by atoms with E-state index in [9.17, 15) is 19.8 Å². The van der Waals surface area contributed by atoms with E-state index in [0.717, 1.165) is 26.2 Å². The Morgan fingerprint density at radius 1 is 0.737 bits per heavy atom. The molecule has 0 aliphatic carbocycles. The summed E-state index contributed by atoms with van der Waals surface area (Å²) in [4.78, 5) is 28.0. The van der Waals surface area contributed by atoms with Crippen molar-refractivity contribution in [2.24, 2.45) is 0 Å². The van der Waals surface area contributed by atoms with E-state index in [0.29, 0.717) is 57.7 Å². The van der Waals surface area contributed by atoms with Gasteiger partial charge in [0.2, 0.25) is 0 Å². The summed E-state index contributed by atoms with van der Waals surface area (Å²) in [5.74, 6) is 0.287. The molecule has 0 amide bonds. The van der Waals surface area contributed by atoms with Crippen LogP contribution in [-0.4, -0.2) is 61.5 Å². The molecule has 10 nitrogen and oxygen atoms in total. The monoisotopic (exact) mass is 524 g/mol. The van der Waals surface area contributed by atoms with E-state index in [1.807, 2.05) is 0 Å². The lowest BCUT2D eigenvalue weighted by Gasteiger charge is -2.29. The number of carbonyl (C=O) groups is 2. The predicted molar refractivity (Wildman–Crippen MR) is 136 cm³/mol. The average Bonchev–Trinajstić information content (AvgIpc) is 3.42. The Labute approximate surface area is 218 Å². The summed E-state index contributed by atoms with van der Waals surface area (Å²) in [6, 6.07) is 9.43. The van der Waals surface area contributed by atoms with Gasteiger partial charge in [-0.2, -0.15) is 0 Å². The Kier molecular flexibility index (Phi) is 7.26. The first-order chi connectivity index (χ1) is 18.4.